The number of aromatic nitrogens is 2. The van der Waals surface area contributed by atoms with Crippen molar-refractivity contribution in [3.63, 3.8) is 0 Å². The highest BCUT2D eigenvalue weighted by Crippen LogP contribution is 2.16. The van der Waals surface area contributed by atoms with Crippen LogP contribution in [0.15, 0.2) is 22.8 Å². The maximum Gasteiger partial charge on any atom is 0.338 e. The summed E-state index contributed by atoms with van der Waals surface area (Å²) in [6.07, 6.45) is 0. The van der Waals surface area contributed by atoms with E-state index in [1.165, 1.54) is 6.07 Å². The molecular weight excluding hydrogens is 259 g/mol. The van der Waals surface area contributed by atoms with Crippen molar-refractivity contribution < 1.29 is 23.7 Å². The van der Waals surface area contributed by atoms with Crippen molar-refractivity contribution in [1.82, 2.24) is 10.3 Å². The van der Waals surface area contributed by atoms with Crippen molar-refractivity contribution >= 4 is 23.4 Å². The maximum atomic E-state index is 13.4. The van der Waals surface area contributed by atoms with E-state index < -0.39 is 23.3 Å². The van der Waals surface area contributed by atoms with Gasteiger partial charge in [-0.3, -0.25) is 4.79 Å². The highest BCUT2D eigenvalue weighted by molar-refractivity contribution is 6.05. The van der Waals surface area contributed by atoms with Gasteiger partial charge >= 0.3 is 5.97 Å². The first-order valence-corrected chi connectivity index (χ1v) is 4.91. The molecule has 1 heterocycles. The molecule has 0 fully saturated rings. The molecule has 0 spiro atoms. The van der Waals surface area contributed by atoms with Gasteiger partial charge in [-0.05, 0) is 28.5 Å². The summed E-state index contributed by atoms with van der Waals surface area (Å²) in [6, 6.07) is 3.12. The Morgan fingerprint density at radius 1 is 1.37 bits per heavy atom. The van der Waals surface area contributed by atoms with Crippen LogP contribution in [0.3, 0.4) is 0 Å². The minimum atomic E-state index is -1.40. The molecular formula is C10H7FN4O4. The van der Waals surface area contributed by atoms with Gasteiger partial charge < -0.3 is 16.2 Å². The number of hydrogen-bond donors (Lipinski definition) is 3. The van der Waals surface area contributed by atoms with Gasteiger partial charge in [0.25, 0.3) is 5.91 Å². The van der Waals surface area contributed by atoms with Crippen molar-refractivity contribution in [2.24, 2.45) is 0 Å². The number of hydrogen-bond acceptors (Lipinski definition) is 6. The lowest BCUT2D eigenvalue weighted by atomic mass is 10.2. The van der Waals surface area contributed by atoms with Crippen molar-refractivity contribution in [3.05, 3.63) is 35.3 Å². The molecule has 9 heteroatoms. The lowest BCUT2D eigenvalue weighted by molar-refractivity contribution is 0.0692. The van der Waals surface area contributed by atoms with E-state index >= 15 is 0 Å². The molecule has 0 saturated carbocycles. The molecule has 0 aliphatic heterocycles. The number of halogens is 1. The Hall–Kier alpha value is -2.97. The summed E-state index contributed by atoms with van der Waals surface area (Å²) in [5.41, 5.74) is 4.61. The van der Waals surface area contributed by atoms with E-state index in [9.17, 15) is 14.0 Å². The van der Waals surface area contributed by atoms with Gasteiger partial charge in [-0.25, -0.2) is 13.8 Å². The molecule has 0 saturated heterocycles. The monoisotopic (exact) mass is 266 g/mol. The van der Waals surface area contributed by atoms with E-state index in [0.29, 0.717) is 0 Å². The predicted octanol–water partition coefficient (Wildman–Crippen LogP) is 0.741. The molecule has 19 heavy (non-hydrogen) atoms. The van der Waals surface area contributed by atoms with Crippen molar-refractivity contribution in [2.75, 3.05) is 11.1 Å². The van der Waals surface area contributed by atoms with Crippen LogP contribution in [0.25, 0.3) is 0 Å². The van der Waals surface area contributed by atoms with Crippen LogP contribution in [0.5, 0.6) is 0 Å². The first-order valence-electron chi connectivity index (χ1n) is 4.91. The largest absolute Gasteiger partial charge is 0.478 e. The van der Waals surface area contributed by atoms with Crippen molar-refractivity contribution in [2.45, 2.75) is 0 Å². The van der Waals surface area contributed by atoms with Crippen LogP contribution in [0, 0.1) is 5.82 Å². The Labute approximate surface area is 105 Å². The molecule has 0 unspecified atom stereocenters. The first-order chi connectivity index (χ1) is 8.99. The average Bonchev–Trinajstić information content (AvgIpc) is 2.75. The van der Waals surface area contributed by atoms with Gasteiger partial charge in [-0.15, -0.1) is 0 Å². The third kappa shape index (κ3) is 2.49. The molecule has 0 radical (unpaired) electrons. The molecule has 8 nitrogen and oxygen atoms in total. The normalized spacial score (nSPS) is 10.2. The number of anilines is 2. The number of amides is 1. The number of nitrogen functional groups attached to an aromatic ring is 1. The van der Waals surface area contributed by atoms with Crippen LogP contribution in [-0.2, 0) is 0 Å². The summed E-state index contributed by atoms with van der Waals surface area (Å²) in [5, 5.41) is 17.4. The molecule has 0 aliphatic rings. The average molecular weight is 266 g/mol. The first kappa shape index (κ1) is 12.5. The molecule has 1 amide bonds. The van der Waals surface area contributed by atoms with Gasteiger partial charge in [0.2, 0.25) is 11.5 Å². The number of benzene rings is 1. The van der Waals surface area contributed by atoms with Gasteiger partial charge in [0.15, 0.2) is 0 Å². The summed E-state index contributed by atoms with van der Waals surface area (Å²) in [4.78, 5) is 22.2. The Bertz CT molecular complexity index is 655. The lowest BCUT2D eigenvalue weighted by Crippen LogP contribution is -2.14. The van der Waals surface area contributed by atoms with Crippen LogP contribution in [0.2, 0.25) is 0 Å². The van der Waals surface area contributed by atoms with E-state index in [1.54, 1.807) is 0 Å². The third-order valence-electron chi connectivity index (χ3n) is 2.19. The third-order valence-corrected chi connectivity index (χ3v) is 2.19. The highest BCUT2D eigenvalue weighted by Gasteiger charge is 2.17. The molecule has 0 bridgehead atoms. The number of rotatable bonds is 3. The minimum Gasteiger partial charge on any atom is -0.478 e. The number of carbonyl (C=O) groups excluding carboxylic acids is 1. The summed E-state index contributed by atoms with van der Waals surface area (Å²) in [7, 11) is 0. The Balaban J connectivity index is 2.21. The van der Waals surface area contributed by atoms with Gasteiger partial charge in [-0.2, -0.15) is 0 Å². The van der Waals surface area contributed by atoms with Gasteiger partial charge in [-0.1, -0.05) is 0 Å². The quantitative estimate of drug-likeness (QED) is 0.746. The summed E-state index contributed by atoms with van der Waals surface area (Å²) >= 11 is 0. The number of nitrogens with one attached hydrogen (secondary N) is 1. The zero-order chi connectivity index (χ0) is 14.0. The molecule has 0 aliphatic carbocycles. The van der Waals surface area contributed by atoms with Crippen LogP contribution in [0.1, 0.15) is 20.8 Å². The smallest absolute Gasteiger partial charge is 0.338 e. The number of carboxylic acids is 1. The fourth-order valence-electron chi connectivity index (χ4n) is 1.31. The predicted molar refractivity (Wildman–Crippen MR) is 60.0 cm³/mol. The summed E-state index contributed by atoms with van der Waals surface area (Å²) in [5.74, 6) is -3.33. The molecule has 4 N–H and O–H groups in total. The molecule has 0 atom stereocenters. The number of aromatic carboxylic acids is 1. The Kier molecular flexibility index (Phi) is 3.10. The Morgan fingerprint density at radius 2 is 2.11 bits per heavy atom. The lowest BCUT2D eigenvalue weighted by Gasteiger charge is -2.04. The van der Waals surface area contributed by atoms with Gasteiger partial charge in [0, 0.05) is 5.69 Å². The Morgan fingerprint density at radius 3 is 2.63 bits per heavy atom. The highest BCUT2D eigenvalue weighted by atomic mass is 19.1. The topological polar surface area (TPSA) is 131 Å². The van der Waals surface area contributed by atoms with E-state index in [-0.39, 0.29) is 17.2 Å². The molecule has 2 aromatic rings. The molecule has 1 aromatic carbocycles. The second kappa shape index (κ2) is 4.72. The van der Waals surface area contributed by atoms with Crippen LogP contribution >= 0.6 is 0 Å². The number of carboxylic acid groups (broad SMARTS) is 1. The fraction of sp³-hybridized carbons (Fsp3) is 0. The van der Waals surface area contributed by atoms with Crippen LogP contribution in [0.4, 0.5) is 15.9 Å². The van der Waals surface area contributed by atoms with Gasteiger partial charge in [0.1, 0.15) is 5.82 Å². The van der Waals surface area contributed by atoms with Crippen LogP contribution < -0.4 is 11.1 Å². The SMILES string of the molecule is Nc1nonc1C(=O)Nc1ccc(C(=O)O)c(F)c1. The number of nitrogens with zero attached hydrogens (tertiary/aromatic N) is 2. The van der Waals surface area contributed by atoms with Gasteiger partial charge in [0.05, 0.1) is 5.56 Å². The zero-order valence-electron chi connectivity index (χ0n) is 9.25. The van der Waals surface area contributed by atoms with Crippen molar-refractivity contribution in [3.8, 4) is 0 Å². The standard InChI is InChI=1S/C10H7FN4O4/c11-6-3-4(1-2-5(6)10(17)18)13-9(16)7-8(12)15-19-14-7/h1-3H,(H2,12,15)(H,13,16)(H,17,18). The molecule has 1 aromatic heterocycles. The summed E-state index contributed by atoms with van der Waals surface area (Å²) < 4.78 is 17.6. The van der Waals surface area contributed by atoms with E-state index in [4.69, 9.17) is 10.8 Å². The second-order valence-corrected chi connectivity index (χ2v) is 3.45. The maximum absolute atomic E-state index is 13.4. The number of carbonyl (C=O) groups is 2. The zero-order valence-corrected chi connectivity index (χ0v) is 9.25. The molecule has 2 rings (SSSR count). The van der Waals surface area contributed by atoms with E-state index in [2.05, 4.69) is 20.3 Å². The number of nitrogens with two attached hydrogens (primary N) is 1. The summed E-state index contributed by atoms with van der Waals surface area (Å²) in [6.45, 7) is 0. The van der Waals surface area contributed by atoms with Crippen molar-refractivity contribution in [1.29, 1.82) is 0 Å². The van der Waals surface area contributed by atoms with E-state index in [1.807, 2.05) is 0 Å². The van der Waals surface area contributed by atoms with E-state index in [0.717, 1.165) is 12.1 Å². The fourth-order valence-corrected chi connectivity index (χ4v) is 1.31. The molecule has 98 valence electrons. The second-order valence-electron chi connectivity index (χ2n) is 3.45. The van der Waals surface area contributed by atoms with Crippen LogP contribution in [-0.4, -0.2) is 27.3 Å². The minimum absolute atomic E-state index is 0.0508.